The molecule has 1 saturated heterocycles. The summed E-state index contributed by atoms with van der Waals surface area (Å²) in [5, 5.41) is 39.2. The maximum atomic E-state index is 10.2. The van der Waals surface area contributed by atoms with Crippen molar-refractivity contribution in [2.45, 2.75) is 24.5 Å². The summed E-state index contributed by atoms with van der Waals surface area (Å²) in [6.45, 7) is -0.420. The van der Waals surface area contributed by atoms with Gasteiger partial charge >= 0.3 is 0 Å². The van der Waals surface area contributed by atoms with Crippen molar-refractivity contribution in [3.05, 3.63) is 30.5 Å². The van der Waals surface area contributed by atoms with Gasteiger partial charge in [0, 0.05) is 18.6 Å². The molecule has 0 bridgehead atoms. The predicted octanol–water partition coefficient (Wildman–Crippen LogP) is -0.411. The molecule has 0 spiro atoms. The zero-order valence-electron chi connectivity index (χ0n) is 12.2. The van der Waals surface area contributed by atoms with Crippen molar-refractivity contribution >= 4 is 29.1 Å². The maximum Gasteiger partial charge on any atom is 0.164 e. The molecule has 3 N–H and O–H groups in total. The number of halogens is 1. The van der Waals surface area contributed by atoms with Crippen LogP contribution in [0.15, 0.2) is 24.9 Å². The van der Waals surface area contributed by atoms with Gasteiger partial charge in [0.25, 0.3) is 0 Å². The number of fused-ring (bicyclic) bond motifs is 3. The minimum Gasteiger partial charge on any atom is -0.394 e. The molecule has 1 aliphatic heterocycles. The predicted molar refractivity (Wildman–Crippen MR) is 83.5 cm³/mol. The Labute approximate surface area is 141 Å². The van der Waals surface area contributed by atoms with E-state index in [4.69, 9.17) is 4.74 Å². The summed E-state index contributed by atoms with van der Waals surface area (Å²) in [6, 6.07) is 2.08. The van der Waals surface area contributed by atoms with Crippen molar-refractivity contribution in [2.75, 3.05) is 6.61 Å². The number of aromatic nitrogens is 4. The van der Waals surface area contributed by atoms with E-state index in [9.17, 15) is 20.6 Å². The van der Waals surface area contributed by atoms with Crippen molar-refractivity contribution < 1.29 is 20.1 Å². The molecule has 3 aromatic rings. The SMILES string of the molecule is Cl.N#Cc1cn(C2OC(CO)C(O)C2O)c2ncn3ccnc3c12. The van der Waals surface area contributed by atoms with Gasteiger partial charge in [0.05, 0.1) is 17.6 Å². The molecule has 0 aliphatic carbocycles. The van der Waals surface area contributed by atoms with E-state index < -0.39 is 31.1 Å². The van der Waals surface area contributed by atoms with Crippen LogP contribution >= 0.6 is 12.4 Å². The number of nitriles is 1. The molecule has 4 unspecified atom stereocenters. The first kappa shape index (κ1) is 16.6. The summed E-state index contributed by atoms with van der Waals surface area (Å²) in [4.78, 5) is 8.53. The molecular formula is C14H14ClN5O4. The molecule has 24 heavy (non-hydrogen) atoms. The van der Waals surface area contributed by atoms with E-state index >= 15 is 0 Å². The van der Waals surface area contributed by atoms with Crippen molar-refractivity contribution in [1.82, 2.24) is 18.9 Å². The molecule has 4 rings (SSSR count). The number of rotatable bonds is 2. The van der Waals surface area contributed by atoms with Crippen LogP contribution in [-0.2, 0) is 4.74 Å². The van der Waals surface area contributed by atoms with Gasteiger partial charge in [-0.05, 0) is 0 Å². The first-order valence-corrected chi connectivity index (χ1v) is 7.00. The van der Waals surface area contributed by atoms with Gasteiger partial charge in [-0.1, -0.05) is 0 Å². The Hall–Kier alpha value is -2.22. The first-order valence-electron chi connectivity index (χ1n) is 7.00. The lowest BCUT2D eigenvalue weighted by Gasteiger charge is -2.17. The Morgan fingerprint density at radius 3 is 2.71 bits per heavy atom. The number of imidazole rings is 1. The standard InChI is InChI=1S/C14H13N5O4.ClH/c15-3-7-4-19(14-11(22)10(21)8(5-20)23-14)13-9(7)12-16-1-2-18(12)6-17-13;/h1-2,4,6,8,10-11,14,20-22H,5H2;1H. The van der Waals surface area contributed by atoms with Crippen molar-refractivity contribution in [3.8, 4) is 6.07 Å². The summed E-state index contributed by atoms with van der Waals surface area (Å²) in [6.07, 6.45) is 2.06. The van der Waals surface area contributed by atoms with Crippen LogP contribution in [0.5, 0.6) is 0 Å². The minimum atomic E-state index is -1.24. The van der Waals surface area contributed by atoms with Gasteiger partial charge in [0.15, 0.2) is 6.23 Å². The van der Waals surface area contributed by atoms with Gasteiger partial charge in [-0.2, -0.15) is 5.26 Å². The lowest BCUT2D eigenvalue weighted by atomic mass is 10.1. The minimum absolute atomic E-state index is 0. The first-order chi connectivity index (χ1) is 11.2. The van der Waals surface area contributed by atoms with E-state index in [1.165, 1.54) is 10.8 Å². The zero-order valence-corrected chi connectivity index (χ0v) is 13.0. The second-order valence-corrected chi connectivity index (χ2v) is 5.39. The fourth-order valence-electron chi connectivity index (χ4n) is 2.97. The molecule has 0 amide bonds. The van der Waals surface area contributed by atoms with E-state index in [2.05, 4.69) is 16.0 Å². The Balaban J connectivity index is 0.00000169. The second kappa shape index (κ2) is 6.01. The Morgan fingerprint density at radius 2 is 2.04 bits per heavy atom. The van der Waals surface area contributed by atoms with Crippen LogP contribution in [0.2, 0.25) is 0 Å². The third-order valence-electron chi connectivity index (χ3n) is 4.11. The number of aliphatic hydroxyl groups excluding tert-OH is 3. The monoisotopic (exact) mass is 351 g/mol. The highest BCUT2D eigenvalue weighted by atomic mass is 35.5. The Bertz CT molecular complexity index is 932. The van der Waals surface area contributed by atoms with Gasteiger partial charge in [-0.15, -0.1) is 12.4 Å². The Kier molecular flexibility index (Phi) is 4.16. The van der Waals surface area contributed by atoms with Crippen LogP contribution in [0.25, 0.3) is 16.7 Å². The topological polar surface area (TPSA) is 129 Å². The summed E-state index contributed by atoms with van der Waals surface area (Å²) in [5.74, 6) is 0. The summed E-state index contributed by atoms with van der Waals surface area (Å²) < 4.78 is 8.69. The molecule has 0 aromatic carbocycles. The molecule has 4 atom stereocenters. The number of nitrogens with zero attached hydrogens (tertiary/aromatic N) is 5. The number of ether oxygens (including phenoxy) is 1. The lowest BCUT2D eigenvalue weighted by Crippen LogP contribution is -2.33. The van der Waals surface area contributed by atoms with E-state index in [1.807, 2.05) is 0 Å². The number of aliphatic hydroxyl groups is 3. The molecule has 0 saturated carbocycles. The third kappa shape index (κ3) is 2.16. The number of hydrogen-bond donors (Lipinski definition) is 3. The lowest BCUT2D eigenvalue weighted by molar-refractivity contribution is -0.0508. The maximum absolute atomic E-state index is 10.2. The third-order valence-corrected chi connectivity index (χ3v) is 4.11. The van der Waals surface area contributed by atoms with Crippen LogP contribution in [0.4, 0.5) is 0 Å². The van der Waals surface area contributed by atoms with E-state index in [1.54, 1.807) is 23.1 Å². The summed E-state index contributed by atoms with van der Waals surface area (Å²) in [7, 11) is 0. The highest BCUT2D eigenvalue weighted by molar-refractivity contribution is 5.95. The molecule has 4 heterocycles. The molecule has 3 aromatic heterocycles. The quantitative estimate of drug-likeness (QED) is 0.572. The van der Waals surface area contributed by atoms with Crippen LogP contribution in [0.1, 0.15) is 11.8 Å². The zero-order chi connectivity index (χ0) is 16.1. The van der Waals surface area contributed by atoms with E-state index in [0.717, 1.165) is 0 Å². The molecule has 1 fully saturated rings. The highest BCUT2D eigenvalue weighted by Crippen LogP contribution is 2.34. The summed E-state index contributed by atoms with van der Waals surface area (Å²) >= 11 is 0. The second-order valence-electron chi connectivity index (χ2n) is 5.39. The van der Waals surface area contributed by atoms with E-state index in [0.29, 0.717) is 22.2 Å². The molecule has 126 valence electrons. The molecule has 10 heteroatoms. The summed E-state index contributed by atoms with van der Waals surface area (Å²) in [5.41, 5.74) is 1.31. The fourth-order valence-corrected chi connectivity index (χ4v) is 2.97. The van der Waals surface area contributed by atoms with Gasteiger partial charge < -0.3 is 24.6 Å². The normalized spacial score (nSPS) is 26.6. The average Bonchev–Trinajstić information content (AvgIpc) is 3.24. The largest absolute Gasteiger partial charge is 0.394 e. The van der Waals surface area contributed by atoms with Gasteiger partial charge in [0.2, 0.25) is 0 Å². The highest BCUT2D eigenvalue weighted by Gasteiger charge is 2.44. The average molecular weight is 352 g/mol. The molecule has 0 radical (unpaired) electrons. The van der Waals surface area contributed by atoms with Crippen LogP contribution < -0.4 is 0 Å². The molecule has 9 nitrogen and oxygen atoms in total. The molecule has 1 aliphatic rings. The van der Waals surface area contributed by atoms with Crippen molar-refractivity contribution in [3.63, 3.8) is 0 Å². The number of hydrogen-bond acceptors (Lipinski definition) is 7. The van der Waals surface area contributed by atoms with Crippen LogP contribution in [-0.4, -0.2) is 59.2 Å². The fraction of sp³-hybridized carbons (Fsp3) is 0.357. The van der Waals surface area contributed by atoms with Gasteiger partial charge in [0.1, 0.15) is 42.0 Å². The van der Waals surface area contributed by atoms with E-state index in [-0.39, 0.29) is 12.4 Å². The van der Waals surface area contributed by atoms with Crippen LogP contribution in [0, 0.1) is 11.3 Å². The Morgan fingerprint density at radius 1 is 1.25 bits per heavy atom. The van der Waals surface area contributed by atoms with Crippen molar-refractivity contribution in [2.24, 2.45) is 0 Å². The van der Waals surface area contributed by atoms with Gasteiger partial charge in [-0.25, -0.2) is 9.97 Å². The smallest absolute Gasteiger partial charge is 0.164 e. The van der Waals surface area contributed by atoms with Crippen LogP contribution in [0.3, 0.4) is 0 Å². The van der Waals surface area contributed by atoms with Gasteiger partial charge in [-0.3, -0.25) is 4.40 Å². The van der Waals surface area contributed by atoms with Crippen molar-refractivity contribution in [1.29, 1.82) is 5.26 Å². The molecular weight excluding hydrogens is 338 g/mol.